The van der Waals surface area contributed by atoms with Crippen LogP contribution in [-0.4, -0.2) is 56.7 Å². The second-order valence-corrected chi connectivity index (χ2v) is 7.04. The number of nitrogens with zero attached hydrogens (tertiary/aromatic N) is 2. The Morgan fingerprint density at radius 2 is 2.00 bits per heavy atom. The number of likely N-dealkylation sites (tertiary alicyclic amines) is 1. The van der Waals surface area contributed by atoms with Crippen LogP contribution in [0.25, 0.3) is 0 Å². The van der Waals surface area contributed by atoms with Gasteiger partial charge in [0.1, 0.15) is 6.10 Å². The molecule has 1 fully saturated rings. The first-order valence-electron chi connectivity index (χ1n) is 9.70. The maximum absolute atomic E-state index is 13.6. The molecule has 7 heteroatoms. The van der Waals surface area contributed by atoms with E-state index < -0.39 is 0 Å². The topological polar surface area (TPSA) is 48.9 Å². The minimum atomic E-state index is -0.341. The molecule has 1 atom stereocenters. The molecule has 1 aliphatic heterocycles. The molecule has 5 nitrogen and oxygen atoms in total. The normalized spacial score (nSPS) is 17.1. The number of ether oxygens (including phenoxy) is 1. The molecular weight excluding hydrogens is 458 g/mol. The van der Waals surface area contributed by atoms with Crippen LogP contribution in [0.1, 0.15) is 33.1 Å². The quantitative estimate of drug-likeness (QED) is 0.332. The van der Waals surface area contributed by atoms with E-state index >= 15 is 0 Å². The monoisotopic (exact) mass is 492 g/mol. The predicted molar refractivity (Wildman–Crippen MR) is 121 cm³/mol. The molecule has 0 amide bonds. The third-order valence-corrected chi connectivity index (χ3v) is 4.70. The number of nitrogens with one attached hydrogen (secondary N) is 2. The summed E-state index contributed by atoms with van der Waals surface area (Å²) >= 11 is 0. The van der Waals surface area contributed by atoms with E-state index in [9.17, 15) is 4.39 Å². The number of hydrogen-bond acceptors (Lipinski definition) is 3. The van der Waals surface area contributed by atoms with Crippen molar-refractivity contribution in [3.63, 3.8) is 0 Å². The summed E-state index contributed by atoms with van der Waals surface area (Å²) in [5, 5.41) is 6.66. The van der Waals surface area contributed by atoms with Crippen molar-refractivity contribution in [1.29, 1.82) is 0 Å². The Morgan fingerprint density at radius 1 is 1.30 bits per heavy atom. The number of rotatable bonds is 8. The van der Waals surface area contributed by atoms with Crippen molar-refractivity contribution in [2.24, 2.45) is 10.9 Å². The van der Waals surface area contributed by atoms with E-state index in [0.717, 1.165) is 25.0 Å². The average Bonchev–Trinajstić information content (AvgIpc) is 2.63. The van der Waals surface area contributed by atoms with Gasteiger partial charge in [0.15, 0.2) is 17.5 Å². The molecule has 1 aliphatic rings. The lowest BCUT2D eigenvalue weighted by molar-refractivity contribution is 0.213. The number of guanidine groups is 1. The van der Waals surface area contributed by atoms with E-state index in [0.29, 0.717) is 6.54 Å². The third-order valence-electron chi connectivity index (χ3n) is 4.70. The summed E-state index contributed by atoms with van der Waals surface area (Å²) in [6.45, 7) is 8.54. The molecule has 0 spiro atoms. The maximum Gasteiger partial charge on any atom is 0.191 e. The molecule has 154 valence electrons. The molecule has 1 heterocycles. The smallest absolute Gasteiger partial charge is 0.191 e. The SMILES string of the molecule is CCNC(=NCC(C)Oc1ccccc1F)NCCC1CCN(C)CC1.I. The van der Waals surface area contributed by atoms with Gasteiger partial charge in [-0.3, -0.25) is 0 Å². The Hall–Kier alpha value is -1.09. The maximum atomic E-state index is 13.6. The van der Waals surface area contributed by atoms with Gasteiger partial charge in [0.05, 0.1) is 6.54 Å². The molecule has 1 aromatic rings. The van der Waals surface area contributed by atoms with Gasteiger partial charge in [-0.1, -0.05) is 12.1 Å². The van der Waals surface area contributed by atoms with Crippen LogP contribution in [0, 0.1) is 11.7 Å². The molecule has 1 unspecified atom stereocenters. The van der Waals surface area contributed by atoms with Gasteiger partial charge in [-0.05, 0) is 71.3 Å². The molecule has 0 saturated carbocycles. The minimum Gasteiger partial charge on any atom is -0.486 e. The zero-order valence-electron chi connectivity index (χ0n) is 16.7. The Balaban J connectivity index is 0.00000364. The highest BCUT2D eigenvalue weighted by molar-refractivity contribution is 14.0. The van der Waals surface area contributed by atoms with Crippen LogP contribution < -0.4 is 15.4 Å². The number of para-hydroxylation sites is 1. The number of halogens is 2. The van der Waals surface area contributed by atoms with E-state index in [1.807, 2.05) is 13.8 Å². The first-order valence-corrected chi connectivity index (χ1v) is 9.70. The zero-order chi connectivity index (χ0) is 18.8. The summed E-state index contributed by atoms with van der Waals surface area (Å²) < 4.78 is 19.3. The first-order chi connectivity index (χ1) is 12.6. The molecule has 1 saturated heterocycles. The van der Waals surface area contributed by atoms with Crippen molar-refractivity contribution in [2.75, 3.05) is 39.8 Å². The molecule has 0 aliphatic carbocycles. The van der Waals surface area contributed by atoms with Gasteiger partial charge in [-0.2, -0.15) is 0 Å². The lowest BCUT2D eigenvalue weighted by atomic mass is 9.94. The lowest BCUT2D eigenvalue weighted by Gasteiger charge is -2.29. The van der Waals surface area contributed by atoms with Crippen molar-refractivity contribution in [3.05, 3.63) is 30.1 Å². The van der Waals surface area contributed by atoms with Crippen molar-refractivity contribution in [1.82, 2.24) is 15.5 Å². The van der Waals surface area contributed by atoms with E-state index in [2.05, 4.69) is 27.6 Å². The summed E-state index contributed by atoms with van der Waals surface area (Å²) in [4.78, 5) is 6.97. The lowest BCUT2D eigenvalue weighted by Crippen LogP contribution is -2.39. The second kappa shape index (κ2) is 13.1. The van der Waals surface area contributed by atoms with Crippen LogP contribution in [0.2, 0.25) is 0 Å². The fourth-order valence-corrected chi connectivity index (χ4v) is 3.10. The van der Waals surface area contributed by atoms with Crippen LogP contribution >= 0.6 is 24.0 Å². The fourth-order valence-electron chi connectivity index (χ4n) is 3.10. The van der Waals surface area contributed by atoms with E-state index in [-0.39, 0.29) is 41.6 Å². The molecule has 1 aromatic carbocycles. The molecule has 0 aromatic heterocycles. The van der Waals surface area contributed by atoms with Gasteiger partial charge in [-0.15, -0.1) is 24.0 Å². The third kappa shape index (κ3) is 9.10. The Bertz CT molecular complexity index is 565. The number of piperidine rings is 1. The second-order valence-electron chi connectivity index (χ2n) is 7.04. The highest BCUT2D eigenvalue weighted by atomic mass is 127. The van der Waals surface area contributed by atoms with Gasteiger partial charge in [-0.25, -0.2) is 9.38 Å². The summed E-state index contributed by atoms with van der Waals surface area (Å²) in [7, 11) is 2.19. The first kappa shape index (κ1) is 23.9. The highest BCUT2D eigenvalue weighted by Crippen LogP contribution is 2.19. The van der Waals surface area contributed by atoms with Crippen LogP contribution in [0.4, 0.5) is 4.39 Å². The molecule has 0 radical (unpaired) electrons. The summed E-state index contributed by atoms with van der Waals surface area (Å²) in [5.41, 5.74) is 0. The average molecular weight is 492 g/mol. The van der Waals surface area contributed by atoms with Gasteiger partial charge in [0.25, 0.3) is 0 Å². The molecule has 27 heavy (non-hydrogen) atoms. The van der Waals surface area contributed by atoms with E-state index in [4.69, 9.17) is 4.74 Å². The van der Waals surface area contributed by atoms with Crippen molar-refractivity contribution in [3.8, 4) is 5.75 Å². The number of aliphatic imine (C=N–C) groups is 1. The molecular formula is C20H34FIN4O. The predicted octanol–water partition coefficient (Wildman–Crippen LogP) is 3.50. The molecule has 0 bridgehead atoms. The Morgan fingerprint density at radius 3 is 2.67 bits per heavy atom. The summed E-state index contributed by atoms with van der Waals surface area (Å²) in [6.07, 6.45) is 3.52. The highest BCUT2D eigenvalue weighted by Gasteiger charge is 2.16. The standard InChI is InChI=1S/C20H33FN4O.HI/c1-4-22-20(23-12-9-17-10-13-25(3)14-11-17)24-15-16(2)26-19-8-6-5-7-18(19)21;/h5-8,16-17H,4,9-15H2,1-3H3,(H2,22,23,24);1H. The molecule has 2 N–H and O–H groups in total. The van der Waals surface area contributed by atoms with Crippen molar-refractivity contribution < 1.29 is 9.13 Å². The fraction of sp³-hybridized carbons (Fsp3) is 0.650. The Kier molecular flexibility index (Phi) is 11.7. The zero-order valence-corrected chi connectivity index (χ0v) is 19.0. The van der Waals surface area contributed by atoms with Gasteiger partial charge in [0, 0.05) is 13.1 Å². The van der Waals surface area contributed by atoms with E-state index in [1.165, 1.54) is 38.4 Å². The van der Waals surface area contributed by atoms with Crippen LogP contribution in [-0.2, 0) is 0 Å². The largest absolute Gasteiger partial charge is 0.486 e. The van der Waals surface area contributed by atoms with Gasteiger partial charge >= 0.3 is 0 Å². The molecule has 2 rings (SSSR count). The van der Waals surface area contributed by atoms with Crippen LogP contribution in [0.5, 0.6) is 5.75 Å². The van der Waals surface area contributed by atoms with Crippen molar-refractivity contribution in [2.45, 2.75) is 39.2 Å². The van der Waals surface area contributed by atoms with Crippen LogP contribution in [0.15, 0.2) is 29.3 Å². The van der Waals surface area contributed by atoms with Crippen LogP contribution in [0.3, 0.4) is 0 Å². The minimum absolute atomic E-state index is 0. The number of hydrogen-bond donors (Lipinski definition) is 2. The number of benzene rings is 1. The Labute approximate surface area is 180 Å². The van der Waals surface area contributed by atoms with Gasteiger partial charge < -0.3 is 20.3 Å². The van der Waals surface area contributed by atoms with Gasteiger partial charge in [0.2, 0.25) is 0 Å². The van der Waals surface area contributed by atoms with Crippen molar-refractivity contribution >= 4 is 29.9 Å². The summed E-state index contributed by atoms with van der Waals surface area (Å²) in [5.74, 6) is 1.52. The van der Waals surface area contributed by atoms with E-state index in [1.54, 1.807) is 18.2 Å². The summed E-state index contributed by atoms with van der Waals surface area (Å²) in [6, 6.07) is 6.46.